The summed E-state index contributed by atoms with van der Waals surface area (Å²) in [6, 6.07) is 0. The Kier molecular flexibility index (Phi) is 3.84. The molecule has 102 valence electrons. The third-order valence-electron chi connectivity index (χ3n) is 5.35. The van der Waals surface area contributed by atoms with Gasteiger partial charge >= 0.3 is 0 Å². The van der Waals surface area contributed by atoms with Crippen molar-refractivity contribution in [3.63, 3.8) is 0 Å². The van der Waals surface area contributed by atoms with E-state index in [4.69, 9.17) is 0 Å². The molecule has 2 aliphatic carbocycles. The third kappa shape index (κ3) is 2.34. The lowest BCUT2D eigenvalue weighted by molar-refractivity contribution is -0.113. The van der Waals surface area contributed by atoms with Crippen LogP contribution in [0.1, 0.15) is 53.4 Å². The first kappa shape index (κ1) is 13.6. The minimum atomic E-state index is 0.00894. The quantitative estimate of drug-likeness (QED) is 0.601. The largest absolute Gasteiger partial charge is 0.353 e. The van der Waals surface area contributed by atoms with Crippen molar-refractivity contribution in [3.8, 4) is 0 Å². The van der Waals surface area contributed by atoms with Crippen LogP contribution in [-0.2, 0) is 4.79 Å². The van der Waals surface area contributed by atoms with Gasteiger partial charge in [-0.2, -0.15) is 0 Å². The van der Waals surface area contributed by atoms with Gasteiger partial charge in [0.15, 0.2) is 0 Å². The lowest BCUT2D eigenvalue weighted by Gasteiger charge is -2.51. The number of fused-ring (bicyclic) bond motifs is 1. The van der Waals surface area contributed by atoms with E-state index in [1.54, 1.807) is 0 Å². The third-order valence-corrected chi connectivity index (χ3v) is 5.35. The molecular weight excluding hydrogens is 222 g/mol. The van der Waals surface area contributed by atoms with Gasteiger partial charge in [-0.3, -0.25) is 4.79 Å². The monoisotopic (exact) mass is 249 g/mol. The molecule has 2 heteroatoms. The second-order valence-corrected chi connectivity index (χ2v) is 6.86. The highest BCUT2D eigenvalue weighted by Crippen LogP contribution is 2.49. The van der Waals surface area contributed by atoms with Crippen molar-refractivity contribution in [1.29, 1.82) is 0 Å². The Labute approximate surface area is 111 Å². The second kappa shape index (κ2) is 5.07. The summed E-state index contributed by atoms with van der Waals surface area (Å²) in [5, 5.41) is 3.12. The van der Waals surface area contributed by atoms with Crippen LogP contribution in [0.4, 0.5) is 0 Å². The molecule has 1 fully saturated rings. The van der Waals surface area contributed by atoms with Crippen molar-refractivity contribution in [1.82, 2.24) is 5.32 Å². The molecule has 0 radical (unpaired) electrons. The van der Waals surface area contributed by atoms with Crippen molar-refractivity contribution >= 4 is 6.41 Å². The molecule has 2 nitrogen and oxygen atoms in total. The number of hydrogen-bond acceptors (Lipinski definition) is 1. The van der Waals surface area contributed by atoms with Gasteiger partial charge in [-0.1, -0.05) is 25.5 Å². The summed E-state index contributed by atoms with van der Waals surface area (Å²) in [7, 11) is 0. The van der Waals surface area contributed by atoms with E-state index in [1.807, 2.05) is 0 Å². The summed E-state index contributed by atoms with van der Waals surface area (Å²) in [5.74, 6) is 2.80. The summed E-state index contributed by atoms with van der Waals surface area (Å²) in [5.41, 5.74) is 1.55. The van der Waals surface area contributed by atoms with Crippen LogP contribution in [-0.4, -0.2) is 11.9 Å². The predicted octanol–water partition coefficient (Wildman–Crippen LogP) is 3.53. The molecule has 0 bridgehead atoms. The summed E-state index contributed by atoms with van der Waals surface area (Å²) in [6.07, 6.45) is 8.19. The van der Waals surface area contributed by atoms with Crippen LogP contribution in [0.5, 0.6) is 0 Å². The maximum absolute atomic E-state index is 10.9. The molecule has 0 aromatic heterocycles. The highest BCUT2D eigenvalue weighted by Gasteiger charge is 2.46. The molecular formula is C16H27NO. The first-order valence-corrected chi connectivity index (χ1v) is 7.36. The Morgan fingerprint density at radius 3 is 2.78 bits per heavy atom. The van der Waals surface area contributed by atoms with Crippen LogP contribution in [0, 0.1) is 23.7 Å². The van der Waals surface area contributed by atoms with Crippen LogP contribution in [0.25, 0.3) is 0 Å². The molecule has 0 heterocycles. The van der Waals surface area contributed by atoms with Gasteiger partial charge in [-0.05, 0) is 63.2 Å². The fraction of sp³-hybridized carbons (Fsp3) is 0.812. The molecule has 0 aliphatic heterocycles. The van der Waals surface area contributed by atoms with E-state index in [0.717, 1.165) is 24.7 Å². The predicted molar refractivity (Wildman–Crippen MR) is 75.1 cm³/mol. The van der Waals surface area contributed by atoms with Crippen molar-refractivity contribution in [3.05, 3.63) is 11.6 Å². The van der Waals surface area contributed by atoms with Crippen LogP contribution in [0.15, 0.2) is 11.6 Å². The van der Waals surface area contributed by atoms with Gasteiger partial charge in [-0.15, -0.1) is 0 Å². The normalized spacial score (nSPS) is 40.1. The van der Waals surface area contributed by atoms with Crippen molar-refractivity contribution in [2.45, 2.75) is 58.9 Å². The van der Waals surface area contributed by atoms with Crippen LogP contribution in [0.2, 0.25) is 0 Å². The maximum Gasteiger partial charge on any atom is 0.207 e. The summed E-state index contributed by atoms with van der Waals surface area (Å²) < 4.78 is 0. The minimum absolute atomic E-state index is 0.00894. The molecule has 1 saturated carbocycles. The molecule has 0 unspecified atom stereocenters. The molecule has 2 aliphatic rings. The molecule has 0 saturated heterocycles. The zero-order chi connectivity index (χ0) is 13.3. The van der Waals surface area contributed by atoms with E-state index in [2.05, 4.69) is 39.1 Å². The van der Waals surface area contributed by atoms with Crippen molar-refractivity contribution in [2.24, 2.45) is 23.7 Å². The topological polar surface area (TPSA) is 29.1 Å². The number of nitrogens with one attached hydrogen (secondary N) is 1. The van der Waals surface area contributed by atoms with Gasteiger partial charge in [-0.25, -0.2) is 0 Å². The molecule has 0 spiro atoms. The van der Waals surface area contributed by atoms with Crippen molar-refractivity contribution < 1.29 is 4.79 Å². The molecule has 0 aromatic carbocycles. The fourth-order valence-electron chi connectivity index (χ4n) is 4.20. The number of rotatable bonds is 3. The van der Waals surface area contributed by atoms with Crippen LogP contribution < -0.4 is 5.32 Å². The number of carbonyl (C=O) groups excluding carboxylic acids is 1. The second-order valence-electron chi connectivity index (χ2n) is 6.86. The van der Waals surface area contributed by atoms with Gasteiger partial charge in [0, 0.05) is 5.54 Å². The summed E-state index contributed by atoms with van der Waals surface area (Å²) in [4.78, 5) is 10.9. The van der Waals surface area contributed by atoms with E-state index < -0.39 is 0 Å². The van der Waals surface area contributed by atoms with E-state index in [0.29, 0.717) is 11.8 Å². The zero-order valence-electron chi connectivity index (χ0n) is 12.2. The molecule has 0 aromatic rings. The SMILES string of the molecule is CC1=C[C@@H]2[C@@H](C(C)C)CC[C@@](C)(NC=O)[C@H]2CC1. The zero-order valence-corrected chi connectivity index (χ0v) is 12.2. The molecule has 1 amide bonds. The fourth-order valence-corrected chi connectivity index (χ4v) is 4.20. The Balaban J connectivity index is 2.29. The summed E-state index contributed by atoms with van der Waals surface area (Å²) in [6.45, 7) is 9.18. The Hall–Kier alpha value is -0.790. The van der Waals surface area contributed by atoms with Gasteiger partial charge in [0.25, 0.3) is 0 Å². The number of carbonyl (C=O) groups is 1. The smallest absolute Gasteiger partial charge is 0.207 e. The molecule has 4 atom stereocenters. The van der Waals surface area contributed by atoms with Gasteiger partial charge in [0.2, 0.25) is 6.41 Å². The maximum atomic E-state index is 10.9. The van der Waals surface area contributed by atoms with Gasteiger partial charge in [0.1, 0.15) is 0 Å². The van der Waals surface area contributed by atoms with Crippen molar-refractivity contribution in [2.75, 3.05) is 0 Å². The average molecular weight is 249 g/mol. The Morgan fingerprint density at radius 1 is 1.44 bits per heavy atom. The van der Waals surface area contributed by atoms with E-state index in [1.165, 1.54) is 24.8 Å². The average Bonchev–Trinajstić information content (AvgIpc) is 2.28. The van der Waals surface area contributed by atoms with E-state index in [9.17, 15) is 4.79 Å². The minimum Gasteiger partial charge on any atom is -0.353 e. The molecule has 1 N–H and O–H groups in total. The highest BCUT2D eigenvalue weighted by molar-refractivity contribution is 5.48. The van der Waals surface area contributed by atoms with Gasteiger partial charge < -0.3 is 5.32 Å². The molecule has 2 rings (SSSR count). The first-order chi connectivity index (χ1) is 8.48. The Morgan fingerprint density at radius 2 is 2.17 bits per heavy atom. The van der Waals surface area contributed by atoms with Gasteiger partial charge in [0.05, 0.1) is 0 Å². The lowest BCUT2D eigenvalue weighted by Crippen LogP contribution is -2.56. The number of allylic oxidation sites excluding steroid dienone is 2. The van der Waals surface area contributed by atoms with Crippen LogP contribution >= 0.6 is 0 Å². The van der Waals surface area contributed by atoms with E-state index >= 15 is 0 Å². The number of amides is 1. The standard InChI is InChI=1S/C16H27NO/c1-11(2)13-7-8-16(4,17-10-18)15-6-5-12(3)9-14(13)15/h9-11,13-15H,5-8H2,1-4H3,(H,17,18)/t13-,14-,15+,16-/m1/s1. The Bertz CT molecular complexity index is 347. The van der Waals surface area contributed by atoms with Crippen LogP contribution in [0.3, 0.4) is 0 Å². The van der Waals surface area contributed by atoms with E-state index in [-0.39, 0.29) is 5.54 Å². The highest BCUT2D eigenvalue weighted by atomic mass is 16.1. The first-order valence-electron chi connectivity index (χ1n) is 7.36. The molecule has 18 heavy (non-hydrogen) atoms. The lowest BCUT2D eigenvalue weighted by atomic mass is 9.57. The summed E-state index contributed by atoms with van der Waals surface area (Å²) >= 11 is 0. The number of hydrogen-bond donors (Lipinski definition) is 1.